The molecule has 0 saturated heterocycles. The summed E-state index contributed by atoms with van der Waals surface area (Å²) in [7, 11) is 1.59. The molecule has 0 fully saturated rings. The lowest BCUT2D eigenvalue weighted by molar-refractivity contribution is 0.159. The summed E-state index contributed by atoms with van der Waals surface area (Å²) in [6.45, 7) is 5.95. The smallest absolute Gasteiger partial charge is 0.127 e. The fourth-order valence-corrected chi connectivity index (χ4v) is 4.51. The fourth-order valence-electron chi connectivity index (χ4n) is 3.40. The molecule has 1 aliphatic heterocycles. The largest absolute Gasteiger partial charge is 0.496 e. The topological polar surface area (TPSA) is 58.9 Å². The number of aliphatic hydroxyl groups excluding tert-OH is 2. The molecule has 4 nitrogen and oxygen atoms in total. The SMILES string of the molecule is CCC(Sc1ccc2c(c1)C=CC(C)(C)O2)c1cc(CO)c(CO)c(OC)c1. The first-order valence-electron chi connectivity index (χ1n) is 9.51. The molecular formula is C23H28O4S. The van der Waals surface area contributed by atoms with Gasteiger partial charge in [-0.1, -0.05) is 19.1 Å². The second-order valence-corrected chi connectivity index (χ2v) is 8.71. The third kappa shape index (κ3) is 4.37. The van der Waals surface area contributed by atoms with Gasteiger partial charge in [0.2, 0.25) is 0 Å². The molecule has 3 rings (SSSR count). The number of benzene rings is 2. The van der Waals surface area contributed by atoms with Crippen LogP contribution in [0.25, 0.3) is 6.08 Å². The summed E-state index contributed by atoms with van der Waals surface area (Å²) < 4.78 is 11.5. The zero-order chi connectivity index (χ0) is 20.3. The van der Waals surface area contributed by atoms with Gasteiger partial charge in [0.25, 0.3) is 0 Å². The minimum Gasteiger partial charge on any atom is -0.496 e. The molecule has 0 spiro atoms. The third-order valence-corrected chi connectivity index (χ3v) is 6.33. The van der Waals surface area contributed by atoms with Crippen molar-refractivity contribution in [1.82, 2.24) is 0 Å². The monoisotopic (exact) mass is 400 g/mol. The van der Waals surface area contributed by atoms with Gasteiger partial charge >= 0.3 is 0 Å². The first-order chi connectivity index (χ1) is 13.4. The van der Waals surface area contributed by atoms with Crippen molar-refractivity contribution < 1.29 is 19.7 Å². The van der Waals surface area contributed by atoms with Crippen molar-refractivity contribution >= 4 is 17.8 Å². The molecule has 1 heterocycles. The van der Waals surface area contributed by atoms with Gasteiger partial charge in [0.1, 0.15) is 17.1 Å². The molecule has 0 aromatic heterocycles. The van der Waals surface area contributed by atoms with Crippen LogP contribution in [0.3, 0.4) is 0 Å². The van der Waals surface area contributed by atoms with Crippen LogP contribution < -0.4 is 9.47 Å². The fraction of sp³-hybridized carbons (Fsp3) is 0.391. The van der Waals surface area contributed by atoms with Crippen LogP contribution in [0.5, 0.6) is 11.5 Å². The first-order valence-corrected chi connectivity index (χ1v) is 10.4. The van der Waals surface area contributed by atoms with Gasteiger partial charge in [0.05, 0.1) is 20.3 Å². The van der Waals surface area contributed by atoms with E-state index in [-0.39, 0.29) is 24.1 Å². The van der Waals surface area contributed by atoms with E-state index in [1.807, 2.05) is 32.0 Å². The molecular weight excluding hydrogens is 372 g/mol. The predicted molar refractivity (Wildman–Crippen MR) is 114 cm³/mol. The number of ether oxygens (including phenoxy) is 2. The second-order valence-electron chi connectivity index (χ2n) is 7.43. The number of hydrogen-bond donors (Lipinski definition) is 2. The highest BCUT2D eigenvalue weighted by atomic mass is 32.2. The Bertz CT molecular complexity index is 848. The Balaban J connectivity index is 1.89. The van der Waals surface area contributed by atoms with Crippen LogP contribution in [-0.2, 0) is 13.2 Å². The minimum absolute atomic E-state index is 0.127. The highest BCUT2D eigenvalue weighted by Crippen LogP contribution is 2.42. The molecule has 2 aromatic rings. The Hall–Kier alpha value is -1.95. The standard InChI is InChI=1S/C23H28O4S/c1-5-22(16-10-17(13-24)19(14-25)21(12-16)26-4)28-18-6-7-20-15(11-18)8-9-23(2,3)27-20/h6-12,22,24-25H,5,13-14H2,1-4H3. The van der Waals surface area contributed by atoms with Crippen molar-refractivity contribution in [2.45, 2.75) is 56.2 Å². The Labute approximate surface area is 171 Å². The molecule has 0 amide bonds. The lowest BCUT2D eigenvalue weighted by Crippen LogP contribution is -2.27. The zero-order valence-electron chi connectivity index (χ0n) is 16.9. The van der Waals surface area contributed by atoms with Crippen molar-refractivity contribution in [2.24, 2.45) is 0 Å². The maximum atomic E-state index is 9.72. The Morgan fingerprint density at radius 3 is 2.57 bits per heavy atom. The second kappa shape index (κ2) is 8.60. The van der Waals surface area contributed by atoms with Gasteiger partial charge in [-0.25, -0.2) is 0 Å². The van der Waals surface area contributed by atoms with Gasteiger partial charge in [-0.2, -0.15) is 0 Å². The van der Waals surface area contributed by atoms with Crippen LogP contribution in [0, 0.1) is 0 Å². The molecule has 2 aromatic carbocycles. The zero-order valence-corrected chi connectivity index (χ0v) is 17.7. The molecule has 28 heavy (non-hydrogen) atoms. The average Bonchev–Trinajstić information content (AvgIpc) is 2.70. The number of fused-ring (bicyclic) bond motifs is 1. The molecule has 0 saturated carbocycles. The summed E-state index contributed by atoms with van der Waals surface area (Å²) in [6.07, 6.45) is 5.12. The van der Waals surface area contributed by atoms with Crippen molar-refractivity contribution in [3.8, 4) is 11.5 Å². The van der Waals surface area contributed by atoms with Gasteiger partial charge in [0.15, 0.2) is 0 Å². The molecule has 1 aliphatic rings. The van der Waals surface area contributed by atoms with Crippen LogP contribution in [0.2, 0.25) is 0 Å². The summed E-state index contributed by atoms with van der Waals surface area (Å²) in [5, 5.41) is 19.5. The molecule has 0 aliphatic carbocycles. The van der Waals surface area contributed by atoms with Crippen LogP contribution in [0.1, 0.15) is 54.7 Å². The quantitative estimate of drug-likeness (QED) is 0.633. The normalized spacial score (nSPS) is 15.6. The van der Waals surface area contributed by atoms with Crippen LogP contribution in [-0.4, -0.2) is 22.9 Å². The van der Waals surface area contributed by atoms with Crippen molar-refractivity contribution in [2.75, 3.05) is 7.11 Å². The molecule has 1 atom stereocenters. The maximum absolute atomic E-state index is 9.72. The van der Waals surface area contributed by atoms with E-state index in [1.165, 1.54) is 0 Å². The van der Waals surface area contributed by atoms with Crippen molar-refractivity contribution in [1.29, 1.82) is 0 Å². The predicted octanol–water partition coefficient (Wildman–Crippen LogP) is 5.11. The number of aliphatic hydroxyl groups is 2. The van der Waals surface area contributed by atoms with Gasteiger partial charge in [-0.3, -0.25) is 0 Å². The number of hydrogen-bond acceptors (Lipinski definition) is 5. The van der Waals surface area contributed by atoms with E-state index in [9.17, 15) is 10.2 Å². The van der Waals surface area contributed by atoms with Crippen molar-refractivity contribution in [3.05, 3.63) is 58.7 Å². The van der Waals surface area contributed by atoms with Crippen LogP contribution in [0.15, 0.2) is 41.3 Å². The van der Waals surface area contributed by atoms with E-state index in [2.05, 4.69) is 31.2 Å². The molecule has 1 unspecified atom stereocenters. The number of rotatable bonds is 7. The Kier molecular flexibility index (Phi) is 6.38. The summed E-state index contributed by atoms with van der Waals surface area (Å²) >= 11 is 1.78. The molecule has 5 heteroatoms. The highest BCUT2D eigenvalue weighted by Gasteiger charge is 2.22. The lowest BCUT2D eigenvalue weighted by Gasteiger charge is -2.28. The van der Waals surface area contributed by atoms with E-state index >= 15 is 0 Å². The lowest BCUT2D eigenvalue weighted by atomic mass is 10.0. The van der Waals surface area contributed by atoms with E-state index in [1.54, 1.807) is 18.9 Å². The van der Waals surface area contributed by atoms with E-state index in [4.69, 9.17) is 9.47 Å². The summed E-state index contributed by atoms with van der Waals surface area (Å²) in [5.41, 5.74) is 3.24. The minimum atomic E-state index is -0.278. The number of methoxy groups -OCH3 is 1. The maximum Gasteiger partial charge on any atom is 0.127 e. The molecule has 2 N–H and O–H groups in total. The van der Waals surface area contributed by atoms with Gasteiger partial charge in [-0.05, 0) is 61.7 Å². The van der Waals surface area contributed by atoms with Crippen molar-refractivity contribution in [3.63, 3.8) is 0 Å². The summed E-state index contributed by atoms with van der Waals surface area (Å²) in [5.74, 6) is 1.52. The third-order valence-electron chi connectivity index (χ3n) is 4.91. The number of thioether (sulfide) groups is 1. The van der Waals surface area contributed by atoms with Crippen LogP contribution in [0.4, 0.5) is 0 Å². The molecule has 0 bridgehead atoms. The average molecular weight is 401 g/mol. The van der Waals surface area contributed by atoms with E-state index in [0.29, 0.717) is 16.9 Å². The molecule has 0 radical (unpaired) electrons. The van der Waals surface area contributed by atoms with Crippen LogP contribution >= 0.6 is 11.8 Å². The Morgan fingerprint density at radius 1 is 1.14 bits per heavy atom. The van der Waals surface area contributed by atoms with Gasteiger partial charge < -0.3 is 19.7 Å². The summed E-state index contributed by atoms with van der Waals surface area (Å²) in [4.78, 5) is 1.16. The van der Waals surface area contributed by atoms with E-state index in [0.717, 1.165) is 28.2 Å². The Morgan fingerprint density at radius 2 is 1.93 bits per heavy atom. The van der Waals surface area contributed by atoms with E-state index < -0.39 is 0 Å². The van der Waals surface area contributed by atoms with Gasteiger partial charge in [-0.15, -0.1) is 11.8 Å². The molecule has 150 valence electrons. The first kappa shape index (κ1) is 20.8. The van der Waals surface area contributed by atoms with Gasteiger partial charge in [0, 0.05) is 21.3 Å². The summed E-state index contributed by atoms with van der Waals surface area (Å²) in [6, 6.07) is 10.2. The highest BCUT2D eigenvalue weighted by molar-refractivity contribution is 7.99.